The zero-order valence-electron chi connectivity index (χ0n) is 17.2. The summed E-state index contributed by atoms with van der Waals surface area (Å²) in [5, 5.41) is 4.25. The minimum absolute atomic E-state index is 0.00882. The first kappa shape index (κ1) is 22.3. The third-order valence-electron chi connectivity index (χ3n) is 5.53. The molecule has 0 amide bonds. The summed E-state index contributed by atoms with van der Waals surface area (Å²) in [4.78, 5) is 13.7. The number of anilines is 4. The summed E-state index contributed by atoms with van der Waals surface area (Å²) in [6.07, 6.45) is 1.57. The van der Waals surface area contributed by atoms with Gasteiger partial charge in [-0.2, -0.15) is 9.97 Å². The Labute approximate surface area is 192 Å². The van der Waals surface area contributed by atoms with Crippen LogP contribution in [0.25, 0.3) is 0 Å². The van der Waals surface area contributed by atoms with E-state index in [-0.39, 0.29) is 24.2 Å². The molecule has 31 heavy (non-hydrogen) atoms. The molecule has 2 aliphatic heterocycles. The first-order chi connectivity index (χ1) is 14.8. The maximum absolute atomic E-state index is 6.21. The number of benzene rings is 1. The van der Waals surface area contributed by atoms with Crippen LogP contribution in [0.3, 0.4) is 0 Å². The van der Waals surface area contributed by atoms with Crippen LogP contribution in [0.1, 0.15) is 12.8 Å². The fraction of sp³-hybridized carbons (Fsp3) is 0.500. The second-order valence-corrected chi connectivity index (χ2v) is 9.30. The monoisotopic (exact) mass is 465 g/mol. The molecule has 2 aromatic rings. The van der Waals surface area contributed by atoms with E-state index in [1.807, 2.05) is 17.0 Å². The molecule has 9 nitrogen and oxygen atoms in total. The lowest BCUT2D eigenvalue weighted by atomic mass is 10.0. The Morgan fingerprint density at radius 2 is 1.35 bits per heavy atom. The third kappa shape index (κ3) is 5.49. The molecule has 1 aromatic heterocycles. The molecule has 168 valence electrons. The van der Waals surface area contributed by atoms with Crippen molar-refractivity contribution in [3.8, 4) is 0 Å². The van der Waals surface area contributed by atoms with E-state index in [0.29, 0.717) is 48.0 Å². The van der Waals surface area contributed by atoms with E-state index in [2.05, 4.69) is 10.2 Å². The van der Waals surface area contributed by atoms with E-state index < -0.39 is 0 Å². The van der Waals surface area contributed by atoms with Gasteiger partial charge in [0.2, 0.25) is 5.95 Å². The lowest BCUT2D eigenvalue weighted by Crippen LogP contribution is -2.53. The van der Waals surface area contributed by atoms with Crippen molar-refractivity contribution in [3.63, 3.8) is 0 Å². The number of hydrogen-bond donors (Lipinski definition) is 5. The first-order valence-corrected chi connectivity index (χ1v) is 11.2. The van der Waals surface area contributed by atoms with Gasteiger partial charge >= 0.3 is 0 Å². The molecule has 0 saturated carbocycles. The average Bonchev–Trinajstić information content (AvgIpc) is 2.69. The maximum atomic E-state index is 6.21. The summed E-state index contributed by atoms with van der Waals surface area (Å²) in [6.45, 7) is 2.63. The topological polar surface area (TPSA) is 148 Å². The van der Waals surface area contributed by atoms with Gasteiger partial charge in [0, 0.05) is 62.1 Å². The van der Waals surface area contributed by atoms with Crippen molar-refractivity contribution < 1.29 is 0 Å². The summed E-state index contributed by atoms with van der Waals surface area (Å²) in [6, 6.07) is 7.15. The van der Waals surface area contributed by atoms with Gasteiger partial charge in [-0.25, -0.2) is 0 Å². The quantitative estimate of drug-likeness (QED) is 0.449. The Morgan fingerprint density at radius 3 is 1.94 bits per heavy atom. The summed E-state index contributed by atoms with van der Waals surface area (Å²) in [5.74, 6) is 1.95. The molecule has 0 unspecified atom stereocenters. The van der Waals surface area contributed by atoms with Crippen molar-refractivity contribution in [1.29, 1.82) is 0 Å². The largest absolute Gasteiger partial charge is 0.353 e. The van der Waals surface area contributed by atoms with E-state index in [9.17, 15) is 0 Å². The maximum Gasteiger partial charge on any atom is 0.229 e. The summed E-state index contributed by atoms with van der Waals surface area (Å²) in [7, 11) is 0. The van der Waals surface area contributed by atoms with Crippen LogP contribution >= 0.6 is 23.2 Å². The molecule has 0 spiro atoms. The van der Waals surface area contributed by atoms with Gasteiger partial charge in [-0.1, -0.05) is 23.2 Å². The molecular formula is C20H29Cl2N9. The number of nitrogens with two attached hydrogens (primary N) is 4. The predicted octanol–water partition coefficient (Wildman–Crippen LogP) is 1.26. The van der Waals surface area contributed by atoms with Crippen molar-refractivity contribution in [2.45, 2.75) is 37.0 Å². The molecule has 2 fully saturated rings. The van der Waals surface area contributed by atoms with Gasteiger partial charge < -0.3 is 38.1 Å². The highest BCUT2D eigenvalue weighted by Crippen LogP contribution is 2.29. The van der Waals surface area contributed by atoms with Gasteiger partial charge in [-0.05, 0) is 31.0 Å². The fourth-order valence-corrected chi connectivity index (χ4v) is 4.52. The molecule has 4 atom stereocenters. The summed E-state index contributed by atoms with van der Waals surface area (Å²) in [5.41, 5.74) is 25.6. The molecule has 4 rings (SSSR count). The number of aromatic nitrogens is 2. The van der Waals surface area contributed by atoms with Crippen molar-refractivity contribution in [1.82, 2.24) is 9.97 Å². The lowest BCUT2D eigenvalue weighted by Gasteiger charge is -2.37. The van der Waals surface area contributed by atoms with Crippen LogP contribution in [-0.2, 0) is 0 Å². The molecular weight excluding hydrogens is 437 g/mol. The number of rotatable bonds is 4. The number of nitrogens with zero attached hydrogens (tertiary/aromatic N) is 4. The zero-order chi connectivity index (χ0) is 22.1. The minimum Gasteiger partial charge on any atom is -0.353 e. The molecule has 0 bridgehead atoms. The van der Waals surface area contributed by atoms with Gasteiger partial charge in [-0.15, -0.1) is 0 Å². The van der Waals surface area contributed by atoms with E-state index in [1.165, 1.54) is 0 Å². The minimum atomic E-state index is -0.0284. The van der Waals surface area contributed by atoms with Crippen LogP contribution in [0.5, 0.6) is 0 Å². The SMILES string of the molecule is N[C@@H]1C[C@H](N)CN(c2cc(Nc3ccc(Cl)c(Cl)c3)nc(N3C[C@H](N)C[C@H](N)C3)n2)C1. The normalized spacial score (nSPS) is 26.8. The Balaban J connectivity index is 1.68. The molecule has 0 radical (unpaired) electrons. The van der Waals surface area contributed by atoms with Crippen LogP contribution in [0.4, 0.5) is 23.3 Å². The second-order valence-electron chi connectivity index (χ2n) is 8.49. The van der Waals surface area contributed by atoms with Gasteiger partial charge in [0.1, 0.15) is 11.6 Å². The molecule has 9 N–H and O–H groups in total. The standard InChI is InChI=1S/C20H29Cl2N9/c21-16-2-1-15(5-17(16)22)27-18-6-19(30-7-11(23)3-12(24)8-30)29-20(28-18)31-9-13(25)4-14(26)10-31/h1-2,5-6,11-14H,3-4,7-10,23-26H2,(H,27,28,29)/t11-,12+,13-,14+. The molecule has 2 aliphatic rings. The first-order valence-electron chi connectivity index (χ1n) is 10.4. The van der Waals surface area contributed by atoms with E-state index in [1.54, 1.807) is 12.1 Å². The molecule has 1 aromatic carbocycles. The van der Waals surface area contributed by atoms with E-state index in [0.717, 1.165) is 24.3 Å². The second kappa shape index (κ2) is 9.32. The summed E-state index contributed by atoms with van der Waals surface area (Å²) < 4.78 is 0. The number of halogens is 2. The van der Waals surface area contributed by atoms with Crippen LogP contribution in [0.2, 0.25) is 10.0 Å². The van der Waals surface area contributed by atoms with Gasteiger partial charge in [0.15, 0.2) is 0 Å². The van der Waals surface area contributed by atoms with Crippen molar-refractivity contribution in [3.05, 3.63) is 34.3 Å². The van der Waals surface area contributed by atoms with Crippen LogP contribution in [0, 0.1) is 0 Å². The molecule has 11 heteroatoms. The third-order valence-corrected chi connectivity index (χ3v) is 6.27. The Kier molecular flexibility index (Phi) is 6.71. The van der Waals surface area contributed by atoms with Crippen LogP contribution < -0.4 is 38.1 Å². The number of nitrogens with one attached hydrogen (secondary N) is 1. The smallest absolute Gasteiger partial charge is 0.229 e. The number of piperidine rings is 2. The van der Waals surface area contributed by atoms with Gasteiger partial charge in [0.05, 0.1) is 10.0 Å². The van der Waals surface area contributed by atoms with Gasteiger partial charge in [0.25, 0.3) is 0 Å². The zero-order valence-corrected chi connectivity index (χ0v) is 18.7. The molecule has 2 saturated heterocycles. The Morgan fingerprint density at radius 1 is 0.774 bits per heavy atom. The van der Waals surface area contributed by atoms with Crippen LogP contribution in [0.15, 0.2) is 24.3 Å². The number of hydrogen-bond acceptors (Lipinski definition) is 9. The predicted molar refractivity (Wildman–Crippen MR) is 127 cm³/mol. The highest BCUT2D eigenvalue weighted by molar-refractivity contribution is 6.42. The van der Waals surface area contributed by atoms with Crippen LogP contribution in [-0.4, -0.2) is 60.3 Å². The van der Waals surface area contributed by atoms with E-state index in [4.69, 9.17) is 56.1 Å². The summed E-state index contributed by atoms with van der Waals surface area (Å²) >= 11 is 12.2. The van der Waals surface area contributed by atoms with E-state index >= 15 is 0 Å². The van der Waals surface area contributed by atoms with Crippen molar-refractivity contribution >= 4 is 46.5 Å². The average molecular weight is 466 g/mol. The molecule has 3 heterocycles. The van der Waals surface area contributed by atoms with Gasteiger partial charge in [-0.3, -0.25) is 0 Å². The fourth-order valence-electron chi connectivity index (χ4n) is 4.22. The highest BCUT2D eigenvalue weighted by Gasteiger charge is 2.28. The lowest BCUT2D eigenvalue weighted by molar-refractivity contribution is 0.443. The molecule has 0 aliphatic carbocycles. The Bertz CT molecular complexity index is 863. The Hall–Kier alpha value is -1.88. The highest BCUT2D eigenvalue weighted by atomic mass is 35.5. The van der Waals surface area contributed by atoms with Crippen molar-refractivity contribution in [2.24, 2.45) is 22.9 Å². The van der Waals surface area contributed by atoms with Crippen molar-refractivity contribution in [2.75, 3.05) is 41.3 Å².